The molecule has 0 saturated carbocycles. The van der Waals surface area contributed by atoms with Crippen molar-refractivity contribution >= 4 is 12.0 Å². The molecule has 0 atom stereocenters. The average molecular weight is 359 g/mol. The molecule has 0 aliphatic heterocycles. The van der Waals surface area contributed by atoms with Crippen molar-refractivity contribution in [1.29, 1.82) is 0 Å². The fourth-order valence-electron chi connectivity index (χ4n) is 2.24. The van der Waals surface area contributed by atoms with E-state index in [9.17, 15) is 9.59 Å². The number of rotatable bonds is 7. The first-order valence-electron chi connectivity index (χ1n) is 8.52. The van der Waals surface area contributed by atoms with Crippen LogP contribution in [-0.4, -0.2) is 40.6 Å². The molecule has 2 rings (SSSR count). The summed E-state index contributed by atoms with van der Waals surface area (Å²) in [6.07, 6.45) is 6.47. The van der Waals surface area contributed by atoms with E-state index in [4.69, 9.17) is 9.15 Å². The Kier molecular flexibility index (Phi) is 6.77. The van der Waals surface area contributed by atoms with Crippen LogP contribution in [0, 0.1) is 0 Å². The number of aromatic nitrogens is 1. The molecule has 0 unspecified atom stereocenters. The van der Waals surface area contributed by atoms with Gasteiger partial charge in [-0.05, 0) is 44.9 Å². The normalized spacial score (nSPS) is 11.0. The summed E-state index contributed by atoms with van der Waals surface area (Å²) in [5.74, 6) is -0.199. The lowest BCUT2D eigenvalue weighted by Crippen LogP contribution is -2.38. The van der Waals surface area contributed by atoms with Crippen molar-refractivity contribution in [2.75, 3.05) is 13.1 Å². The van der Waals surface area contributed by atoms with E-state index in [1.165, 1.54) is 12.5 Å². The molecule has 0 radical (unpaired) electrons. The lowest BCUT2D eigenvalue weighted by molar-refractivity contribution is 0.0232. The van der Waals surface area contributed by atoms with Crippen molar-refractivity contribution in [2.24, 2.45) is 0 Å². The summed E-state index contributed by atoms with van der Waals surface area (Å²) in [5.41, 5.74) is 0.824. The maximum atomic E-state index is 12.5. The quantitative estimate of drug-likeness (QED) is 0.767. The van der Waals surface area contributed by atoms with E-state index < -0.39 is 5.60 Å². The van der Waals surface area contributed by atoms with Crippen LogP contribution in [0.15, 0.2) is 47.5 Å². The van der Waals surface area contributed by atoms with E-state index in [0.717, 1.165) is 5.56 Å². The molecule has 0 aliphatic rings. The molecule has 2 aromatic rings. The molecule has 7 nitrogen and oxygen atoms in total. The summed E-state index contributed by atoms with van der Waals surface area (Å²) in [5, 5.41) is 2.80. The van der Waals surface area contributed by atoms with Crippen LogP contribution < -0.4 is 5.32 Å². The van der Waals surface area contributed by atoms with Crippen molar-refractivity contribution in [1.82, 2.24) is 15.2 Å². The summed E-state index contributed by atoms with van der Waals surface area (Å²) < 4.78 is 10.4. The maximum Gasteiger partial charge on any atom is 0.410 e. The zero-order valence-corrected chi connectivity index (χ0v) is 15.4. The third-order valence-electron chi connectivity index (χ3n) is 3.42. The molecule has 140 valence electrons. The Balaban J connectivity index is 1.88. The Labute approximate surface area is 153 Å². The molecule has 2 amide bonds. The minimum absolute atomic E-state index is 0.199. The number of carbonyl (C=O) groups excluding carboxylic acids is 2. The van der Waals surface area contributed by atoms with E-state index in [1.54, 1.807) is 23.4 Å². The van der Waals surface area contributed by atoms with Crippen molar-refractivity contribution < 1.29 is 18.7 Å². The minimum atomic E-state index is -0.570. The molecular weight excluding hydrogens is 334 g/mol. The highest BCUT2D eigenvalue weighted by atomic mass is 16.6. The number of pyridine rings is 1. The highest BCUT2D eigenvalue weighted by Crippen LogP contribution is 2.13. The van der Waals surface area contributed by atoms with Crippen molar-refractivity contribution in [3.63, 3.8) is 0 Å². The van der Waals surface area contributed by atoms with Crippen LogP contribution in [0.25, 0.3) is 0 Å². The largest absolute Gasteiger partial charge is 0.472 e. The second-order valence-corrected chi connectivity index (χ2v) is 6.88. The summed E-state index contributed by atoms with van der Waals surface area (Å²) in [4.78, 5) is 30.0. The average Bonchev–Trinajstić information content (AvgIpc) is 3.11. The van der Waals surface area contributed by atoms with Crippen molar-refractivity contribution in [2.45, 2.75) is 39.3 Å². The van der Waals surface area contributed by atoms with Gasteiger partial charge in [0.1, 0.15) is 11.9 Å². The van der Waals surface area contributed by atoms with Crippen LogP contribution >= 0.6 is 0 Å². The molecule has 0 aromatic carbocycles. The van der Waals surface area contributed by atoms with Gasteiger partial charge in [0.15, 0.2) is 0 Å². The maximum absolute atomic E-state index is 12.5. The zero-order chi connectivity index (χ0) is 19.0. The Morgan fingerprint density at radius 2 is 2.12 bits per heavy atom. The van der Waals surface area contributed by atoms with Crippen LogP contribution in [0.4, 0.5) is 4.79 Å². The number of nitrogens with one attached hydrogen (secondary N) is 1. The van der Waals surface area contributed by atoms with Gasteiger partial charge in [-0.15, -0.1) is 0 Å². The number of hydrogen-bond donors (Lipinski definition) is 1. The molecule has 0 aliphatic carbocycles. The van der Waals surface area contributed by atoms with E-state index in [-0.39, 0.29) is 12.0 Å². The topological polar surface area (TPSA) is 84.7 Å². The first-order valence-corrected chi connectivity index (χ1v) is 8.52. The molecule has 0 fully saturated rings. The van der Waals surface area contributed by atoms with Gasteiger partial charge in [-0.2, -0.15) is 0 Å². The molecule has 2 heterocycles. The van der Waals surface area contributed by atoms with Crippen LogP contribution in [0.2, 0.25) is 0 Å². The smallest absolute Gasteiger partial charge is 0.410 e. The van der Waals surface area contributed by atoms with Crippen LogP contribution in [-0.2, 0) is 11.3 Å². The van der Waals surface area contributed by atoms with Gasteiger partial charge in [0.05, 0.1) is 18.4 Å². The number of ether oxygens (including phenoxy) is 1. The van der Waals surface area contributed by atoms with Gasteiger partial charge in [0.2, 0.25) is 0 Å². The standard InChI is InChI=1S/C19H25N3O4/c1-19(2,3)26-18(24)22(13-15-6-4-8-20-12-15)10-5-9-21-17(23)16-7-11-25-14-16/h4,6-8,11-12,14H,5,9-10,13H2,1-3H3,(H,21,23). The highest BCUT2D eigenvalue weighted by molar-refractivity contribution is 5.93. The predicted octanol–water partition coefficient (Wildman–Crippen LogP) is 3.23. The molecule has 0 spiro atoms. The summed E-state index contributed by atoms with van der Waals surface area (Å²) in [7, 11) is 0. The summed E-state index contributed by atoms with van der Waals surface area (Å²) >= 11 is 0. The molecule has 0 saturated heterocycles. The van der Waals surface area contributed by atoms with E-state index >= 15 is 0 Å². The number of nitrogens with zero attached hydrogens (tertiary/aromatic N) is 2. The van der Waals surface area contributed by atoms with Gasteiger partial charge in [-0.1, -0.05) is 6.07 Å². The third-order valence-corrected chi connectivity index (χ3v) is 3.42. The number of carbonyl (C=O) groups is 2. The Bertz CT molecular complexity index is 693. The third kappa shape index (κ3) is 6.58. The molecule has 26 heavy (non-hydrogen) atoms. The molecular formula is C19H25N3O4. The van der Waals surface area contributed by atoms with Crippen LogP contribution in [0.1, 0.15) is 43.1 Å². The van der Waals surface area contributed by atoms with E-state index in [1.807, 2.05) is 32.9 Å². The van der Waals surface area contributed by atoms with Crippen molar-refractivity contribution in [3.8, 4) is 0 Å². The molecule has 0 bridgehead atoms. The first kappa shape index (κ1) is 19.5. The molecule has 2 aromatic heterocycles. The van der Waals surface area contributed by atoms with Gasteiger partial charge in [0, 0.05) is 25.5 Å². The lowest BCUT2D eigenvalue weighted by Gasteiger charge is -2.27. The molecule has 1 N–H and O–H groups in total. The monoisotopic (exact) mass is 359 g/mol. The second-order valence-electron chi connectivity index (χ2n) is 6.88. The zero-order valence-electron chi connectivity index (χ0n) is 15.4. The minimum Gasteiger partial charge on any atom is -0.472 e. The fraction of sp³-hybridized carbons (Fsp3) is 0.421. The SMILES string of the molecule is CC(C)(C)OC(=O)N(CCCNC(=O)c1ccoc1)Cc1cccnc1. The second kappa shape index (κ2) is 9.03. The van der Waals surface area contributed by atoms with Gasteiger partial charge < -0.3 is 19.4 Å². The Morgan fingerprint density at radius 3 is 2.73 bits per heavy atom. The van der Waals surface area contributed by atoms with Crippen LogP contribution in [0.5, 0.6) is 0 Å². The van der Waals surface area contributed by atoms with Gasteiger partial charge in [0.25, 0.3) is 5.91 Å². The van der Waals surface area contributed by atoms with Gasteiger partial charge in [-0.3, -0.25) is 9.78 Å². The van der Waals surface area contributed by atoms with E-state index in [0.29, 0.717) is 31.6 Å². The summed E-state index contributed by atoms with van der Waals surface area (Å²) in [6, 6.07) is 5.34. The van der Waals surface area contributed by atoms with Crippen LogP contribution in [0.3, 0.4) is 0 Å². The number of hydrogen-bond acceptors (Lipinski definition) is 5. The fourth-order valence-corrected chi connectivity index (χ4v) is 2.24. The number of amides is 2. The Hall–Kier alpha value is -2.83. The predicted molar refractivity (Wildman–Crippen MR) is 96.5 cm³/mol. The van der Waals surface area contributed by atoms with Gasteiger partial charge in [-0.25, -0.2) is 4.79 Å². The first-order chi connectivity index (χ1) is 12.3. The summed E-state index contributed by atoms with van der Waals surface area (Å²) in [6.45, 7) is 6.79. The van der Waals surface area contributed by atoms with Crippen molar-refractivity contribution in [3.05, 3.63) is 54.2 Å². The van der Waals surface area contributed by atoms with Gasteiger partial charge >= 0.3 is 6.09 Å². The number of furan rings is 1. The molecule has 7 heteroatoms. The Morgan fingerprint density at radius 1 is 1.31 bits per heavy atom. The lowest BCUT2D eigenvalue weighted by atomic mass is 10.2. The van der Waals surface area contributed by atoms with E-state index in [2.05, 4.69) is 10.3 Å². The highest BCUT2D eigenvalue weighted by Gasteiger charge is 2.22.